The van der Waals surface area contributed by atoms with Gasteiger partial charge in [0.1, 0.15) is 17.5 Å². The minimum atomic E-state index is -1.23. The van der Waals surface area contributed by atoms with Gasteiger partial charge in [-0.3, -0.25) is 19.2 Å². The quantitative estimate of drug-likeness (QED) is 0.309. The Morgan fingerprint density at radius 3 is 2.16 bits per heavy atom. The fourth-order valence-corrected chi connectivity index (χ4v) is 4.95. The van der Waals surface area contributed by atoms with Crippen molar-refractivity contribution in [1.29, 1.82) is 0 Å². The summed E-state index contributed by atoms with van der Waals surface area (Å²) in [4.78, 5) is 51.3. The summed E-state index contributed by atoms with van der Waals surface area (Å²) in [6.07, 6.45) is -0.626. The second kappa shape index (κ2) is 14.4. The first-order chi connectivity index (χ1) is 17.9. The van der Waals surface area contributed by atoms with Gasteiger partial charge in [0.2, 0.25) is 11.8 Å². The molecule has 0 heterocycles. The Labute approximate surface area is 227 Å². The number of carboxylic acids is 1. The van der Waals surface area contributed by atoms with Crippen LogP contribution in [0.2, 0.25) is 0 Å². The van der Waals surface area contributed by atoms with E-state index in [1.165, 1.54) is 26.0 Å². The maximum Gasteiger partial charge on any atom is 0.305 e. The Morgan fingerprint density at radius 1 is 0.947 bits per heavy atom. The largest absolute Gasteiger partial charge is 0.497 e. The molecule has 0 saturated carbocycles. The molecule has 38 heavy (non-hydrogen) atoms. The molecular formula is C28H36N2O7S. The number of benzene rings is 2. The van der Waals surface area contributed by atoms with E-state index in [2.05, 4.69) is 10.6 Å². The average Bonchev–Trinajstić information content (AvgIpc) is 2.84. The number of carbonyl (C=O) groups excluding carboxylic acids is 3. The summed E-state index contributed by atoms with van der Waals surface area (Å²) >= 11 is 1.29. The molecule has 2 amide bonds. The molecule has 0 bridgehead atoms. The molecule has 0 aliphatic heterocycles. The number of rotatable bonds is 14. The van der Waals surface area contributed by atoms with Crippen LogP contribution < -0.4 is 20.1 Å². The van der Waals surface area contributed by atoms with Gasteiger partial charge in [-0.1, -0.05) is 19.9 Å². The monoisotopic (exact) mass is 544 g/mol. The first-order valence-corrected chi connectivity index (χ1v) is 13.2. The molecule has 2 unspecified atom stereocenters. The number of ether oxygens (including phenoxy) is 2. The van der Waals surface area contributed by atoms with Crippen molar-refractivity contribution in [3.8, 4) is 11.5 Å². The lowest BCUT2D eigenvalue weighted by Gasteiger charge is -2.25. The zero-order valence-corrected chi connectivity index (χ0v) is 23.4. The Morgan fingerprint density at radius 2 is 1.61 bits per heavy atom. The highest BCUT2D eigenvalue weighted by Crippen LogP contribution is 2.25. The van der Waals surface area contributed by atoms with Crippen LogP contribution in [0.25, 0.3) is 0 Å². The molecule has 0 aromatic heterocycles. The number of carboxylic acid groups (broad SMARTS) is 1. The van der Waals surface area contributed by atoms with E-state index in [0.717, 1.165) is 16.0 Å². The summed E-state index contributed by atoms with van der Waals surface area (Å²) in [6, 6.07) is 8.77. The third-order valence-corrected chi connectivity index (χ3v) is 6.76. The maximum absolute atomic E-state index is 13.1. The summed E-state index contributed by atoms with van der Waals surface area (Å²) in [6.45, 7) is 7.41. The lowest BCUT2D eigenvalue weighted by Crippen LogP contribution is -2.54. The molecular weight excluding hydrogens is 508 g/mol. The molecule has 0 fully saturated rings. The van der Waals surface area contributed by atoms with Crippen molar-refractivity contribution in [2.75, 3.05) is 20.0 Å². The van der Waals surface area contributed by atoms with Gasteiger partial charge in [-0.25, -0.2) is 0 Å². The second-order valence-electron chi connectivity index (χ2n) is 9.38. The summed E-state index contributed by atoms with van der Waals surface area (Å²) in [7, 11) is 3.01. The minimum Gasteiger partial charge on any atom is -0.497 e. The van der Waals surface area contributed by atoms with Crippen LogP contribution in [-0.4, -0.2) is 60.7 Å². The van der Waals surface area contributed by atoms with Gasteiger partial charge in [0, 0.05) is 10.5 Å². The van der Waals surface area contributed by atoms with E-state index in [4.69, 9.17) is 9.47 Å². The summed E-state index contributed by atoms with van der Waals surface area (Å²) in [5.74, 6) is -1.96. The van der Waals surface area contributed by atoms with Crippen molar-refractivity contribution in [3.05, 3.63) is 53.1 Å². The maximum atomic E-state index is 13.1. The predicted molar refractivity (Wildman–Crippen MR) is 146 cm³/mol. The highest BCUT2D eigenvalue weighted by Gasteiger charge is 2.30. The van der Waals surface area contributed by atoms with E-state index in [1.54, 1.807) is 32.0 Å². The summed E-state index contributed by atoms with van der Waals surface area (Å²) < 4.78 is 10.5. The number of thioether (sulfide) groups is 1. The van der Waals surface area contributed by atoms with Crippen LogP contribution in [0.3, 0.4) is 0 Å². The third-order valence-electron chi connectivity index (χ3n) is 5.76. The van der Waals surface area contributed by atoms with Gasteiger partial charge in [0.15, 0.2) is 5.78 Å². The van der Waals surface area contributed by atoms with Crippen LogP contribution in [0.4, 0.5) is 0 Å². The van der Waals surface area contributed by atoms with E-state index in [9.17, 15) is 24.3 Å². The first kappa shape index (κ1) is 30.7. The molecule has 0 saturated heterocycles. The number of Topliss-reactive ketones (excluding diaryl/α,β-unsaturated/α-hetero) is 1. The molecule has 2 aromatic carbocycles. The minimum absolute atomic E-state index is 0.00450. The SMILES string of the molecule is COc1ccc(OC)c(CC(=O)NC(C(=O)NC(CC(=O)O)C(=O)CSc2cc(C)cc(C)c2)C(C)C)c1. The Balaban J connectivity index is 2.10. The lowest BCUT2D eigenvalue weighted by atomic mass is 10.0. The standard InChI is InChI=1S/C28H36N2O7S/c1-16(2)27(30-25(32)13-19-12-20(36-5)7-8-24(19)37-6)28(35)29-22(14-26(33)34)23(31)15-38-21-10-17(3)9-18(4)11-21/h7-12,16,22,27H,13-15H2,1-6H3,(H,29,35)(H,30,32)(H,33,34). The number of aliphatic carboxylic acids is 1. The average molecular weight is 545 g/mol. The van der Waals surface area contributed by atoms with E-state index in [1.807, 2.05) is 32.0 Å². The molecule has 0 radical (unpaired) electrons. The van der Waals surface area contributed by atoms with Crippen LogP contribution in [0.5, 0.6) is 11.5 Å². The lowest BCUT2D eigenvalue weighted by molar-refractivity contribution is -0.140. The van der Waals surface area contributed by atoms with Crippen molar-refractivity contribution in [3.63, 3.8) is 0 Å². The number of aryl methyl sites for hydroxylation is 2. The van der Waals surface area contributed by atoms with Gasteiger partial charge in [0.25, 0.3) is 0 Å². The molecule has 2 atom stereocenters. The van der Waals surface area contributed by atoms with Crippen LogP contribution in [0, 0.1) is 19.8 Å². The summed E-state index contributed by atoms with van der Waals surface area (Å²) in [5.41, 5.74) is 2.68. The van der Waals surface area contributed by atoms with Gasteiger partial charge in [-0.2, -0.15) is 0 Å². The third kappa shape index (κ3) is 9.41. The number of carbonyl (C=O) groups is 4. The van der Waals surface area contributed by atoms with E-state index in [0.29, 0.717) is 17.1 Å². The Bertz CT molecular complexity index is 1150. The zero-order valence-electron chi connectivity index (χ0n) is 22.6. The van der Waals surface area contributed by atoms with Crippen LogP contribution in [-0.2, 0) is 25.6 Å². The predicted octanol–water partition coefficient (Wildman–Crippen LogP) is 3.32. The van der Waals surface area contributed by atoms with Gasteiger partial charge < -0.3 is 25.2 Å². The number of hydrogen-bond donors (Lipinski definition) is 3. The smallest absolute Gasteiger partial charge is 0.305 e. The molecule has 2 aromatic rings. The van der Waals surface area contributed by atoms with Crippen molar-refractivity contribution in [2.24, 2.45) is 5.92 Å². The molecule has 0 aliphatic rings. The van der Waals surface area contributed by atoms with Crippen molar-refractivity contribution in [1.82, 2.24) is 10.6 Å². The normalized spacial score (nSPS) is 12.4. The van der Waals surface area contributed by atoms with Crippen LogP contribution in [0.1, 0.15) is 37.0 Å². The summed E-state index contributed by atoms with van der Waals surface area (Å²) in [5, 5.41) is 14.6. The Hall–Kier alpha value is -3.53. The van der Waals surface area contributed by atoms with Crippen LogP contribution in [0.15, 0.2) is 41.3 Å². The molecule has 2 rings (SSSR count). The number of nitrogens with one attached hydrogen (secondary N) is 2. The van der Waals surface area contributed by atoms with Crippen molar-refractivity contribution >= 4 is 35.3 Å². The van der Waals surface area contributed by atoms with Gasteiger partial charge in [-0.05, 0) is 61.2 Å². The van der Waals surface area contributed by atoms with E-state index < -0.39 is 42.1 Å². The topological polar surface area (TPSA) is 131 Å². The molecule has 9 nitrogen and oxygen atoms in total. The number of hydrogen-bond acceptors (Lipinski definition) is 7. The number of ketones is 1. The van der Waals surface area contributed by atoms with Crippen LogP contribution >= 0.6 is 11.8 Å². The molecule has 206 valence electrons. The number of amides is 2. The van der Waals surface area contributed by atoms with Gasteiger partial charge in [-0.15, -0.1) is 11.8 Å². The van der Waals surface area contributed by atoms with Crippen molar-refractivity contribution in [2.45, 2.75) is 57.5 Å². The van der Waals surface area contributed by atoms with Crippen molar-refractivity contribution < 1.29 is 33.8 Å². The highest BCUT2D eigenvalue weighted by atomic mass is 32.2. The van der Waals surface area contributed by atoms with E-state index in [-0.39, 0.29) is 18.1 Å². The number of methoxy groups -OCH3 is 2. The fourth-order valence-electron chi connectivity index (χ4n) is 3.91. The molecule has 0 aliphatic carbocycles. The Kier molecular flexibility index (Phi) is 11.6. The molecule has 0 spiro atoms. The second-order valence-corrected chi connectivity index (χ2v) is 10.4. The molecule has 10 heteroatoms. The zero-order chi connectivity index (χ0) is 28.4. The first-order valence-electron chi connectivity index (χ1n) is 12.2. The van der Waals surface area contributed by atoms with E-state index >= 15 is 0 Å². The fraction of sp³-hybridized carbons (Fsp3) is 0.429. The van der Waals surface area contributed by atoms with Gasteiger partial charge in [0.05, 0.1) is 38.9 Å². The molecule has 3 N–H and O–H groups in total. The van der Waals surface area contributed by atoms with Gasteiger partial charge >= 0.3 is 5.97 Å². The highest BCUT2D eigenvalue weighted by molar-refractivity contribution is 8.00.